The molecule has 0 aliphatic rings. The normalized spacial score (nSPS) is 12.2. The first kappa shape index (κ1) is 12.5. The van der Waals surface area contributed by atoms with E-state index in [0.717, 1.165) is 16.1 Å². The van der Waals surface area contributed by atoms with Gasteiger partial charge in [0.15, 0.2) is 0 Å². The molecule has 0 aliphatic carbocycles. The van der Waals surface area contributed by atoms with Gasteiger partial charge in [-0.05, 0) is 23.1 Å². The summed E-state index contributed by atoms with van der Waals surface area (Å²) in [5, 5.41) is 10.2. The lowest BCUT2D eigenvalue weighted by molar-refractivity contribution is 0.217. The average Bonchev–Trinajstić information content (AvgIpc) is 2.16. The second-order valence-corrected chi connectivity index (χ2v) is 5.30. The van der Waals surface area contributed by atoms with E-state index in [1.807, 2.05) is 26.0 Å². The Labute approximate surface area is 97.1 Å². The van der Waals surface area contributed by atoms with E-state index in [9.17, 15) is 5.11 Å². The third-order valence-electron chi connectivity index (χ3n) is 2.75. The minimum atomic E-state index is -0.232. The summed E-state index contributed by atoms with van der Waals surface area (Å²) in [6.07, 6.45) is 0. The number of hydrogen-bond donors (Lipinski definition) is 1. The molecule has 0 fully saturated rings. The van der Waals surface area contributed by atoms with Crippen molar-refractivity contribution in [2.75, 3.05) is 6.61 Å². The third kappa shape index (κ3) is 2.53. The van der Waals surface area contributed by atoms with Crippen molar-refractivity contribution < 1.29 is 5.11 Å². The standard InChI is InChI=1S/C13H19ClO/c1-9(2)12-10(13(3,4)8-15)6-5-7-11(12)14/h5-7,9,15H,8H2,1-4H3. The SMILES string of the molecule is CC(C)c1c(Cl)cccc1C(C)(C)CO. The van der Waals surface area contributed by atoms with Gasteiger partial charge in [-0.1, -0.05) is 51.4 Å². The van der Waals surface area contributed by atoms with E-state index in [-0.39, 0.29) is 12.0 Å². The molecule has 0 aliphatic heterocycles. The molecule has 0 aromatic heterocycles. The second-order valence-electron chi connectivity index (χ2n) is 4.90. The monoisotopic (exact) mass is 226 g/mol. The third-order valence-corrected chi connectivity index (χ3v) is 3.08. The van der Waals surface area contributed by atoms with Crippen LogP contribution in [0, 0.1) is 0 Å². The van der Waals surface area contributed by atoms with Crippen LogP contribution < -0.4 is 0 Å². The van der Waals surface area contributed by atoms with Gasteiger partial charge >= 0.3 is 0 Å². The molecule has 0 heterocycles. The molecule has 1 aromatic carbocycles. The number of hydrogen-bond acceptors (Lipinski definition) is 1. The molecule has 0 radical (unpaired) electrons. The Morgan fingerprint density at radius 2 is 1.93 bits per heavy atom. The minimum Gasteiger partial charge on any atom is -0.395 e. The number of aliphatic hydroxyl groups is 1. The van der Waals surface area contributed by atoms with E-state index in [1.54, 1.807) is 0 Å². The summed E-state index contributed by atoms with van der Waals surface area (Å²) in [6.45, 7) is 8.44. The fourth-order valence-corrected chi connectivity index (χ4v) is 2.19. The topological polar surface area (TPSA) is 20.2 Å². The van der Waals surface area contributed by atoms with Crippen LogP contribution in [-0.4, -0.2) is 11.7 Å². The zero-order valence-electron chi connectivity index (χ0n) is 9.84. The molecule has 0 saturated carbocycles. The predicted octanol–water partition coefficient (Wildman–Crippen LogP) is 3.73. The van der Waals surface area contributed by atoms with Crippen LogP contribution in [-0.2, 0) is 5.41 Å². The van der Waals surface area contributed by atoms with Crippen molar-refractivity contribution in [1.82, 2.24) is 0 Å². The number of aliphatic hydroxyl groups excluding tert-OH is 1. The van der Waals surface area contributed by atoms with Crippen LogP contribution >= 0.6 is 11.6 Å². The van der Waals surface area contributed by atoms with Gasteiger partial charge in [0.1, 0.15) is 0 Å². The molecule has 0 spiro atoms. The zero-order chi connectivity index (χ0) is 11.6. The van der Waals surface area contributed by atoms with Crippen molar-refractivity contribution in [3.05, 3.63) is 34.3 Å². The molecular formula is C13H19ClO. The fourth-order valence-electron chi connectivity index (χ4n) is 1.80. The van der Waals surface area contributed by atoms with Crippen molar-refractivity contribution >= 4 is 11.6 Å². The van der Waals surface area contributed by atoms with Crippen molar-refractivity contribution in [1.29, 1.82) is 0 Å². The van der Waals surface area contributed by atoms with Crippen molar-refractivity contribution in [2.45, 2.75) is 39.0 Å². The van der Waals surface area contributed by atoms with Crippen LogP contribution in [0.3, 0.4) is 0 Å². The molecular weight excluding hydrogens is 208 g/mol. The van der Waals surface area contributed by atoms with Crippen LogP contribution in [0.4, 0.5) is 0 Å². The van der Waals surface area contributed by atoms with Crippen molar-refractivity contribution in [3.63, 3.8) is 0 Å². The smallest absolute Gasteiger partial charge is 0.0522 e. The molecule has 2 heteroatoms. The van der Waals surface area contributed by atoms with Crippen LogP contribution in [0.2, 0.25) is 5.02 Å². The molecule has 0 unspecified atom stereocenters. The summed E-state index contributed by atoms with van der Waals surface area (Å²) in [7, 11) is 0. The first-order valence-electron chi connectivity index (χ1n) is 5.30. The molecule has 0 amide bonds. The van der Waals surface area contributed by atoms with Crippen LogP contribution in [0.25, 0.3) is 0 Å². The van der Waals surface area contributed by atoms with Gasteiger partial charge in [0.2, 0.25) is 0 Å². The summed E-state index contributed by atoms with van der Waals surface area (Å²) in [6, 6.07) is 5.91. The molecule has 84 valence electrons. The molecule has 1 N–H and O–H groups in total. The van der Waals surface area contributed by atoms with Gasteiger partial charge in [-0.2, -0.15) is 0 Å². The lowest BCUT2D eigenvalue weighted by atomic mass is 9.80. The fraction of sp³-hybridized carbons (Fsp3) is 0.538. The van der Waals surface area contributed by atoms with Gasteiger partial charge < -0.3 is 5.11 Å². The summed E-state index contributed by atoms with van der Waals surface area (Å²) >= 11 is 6.21. The molecule has 0 saturated heterocycles. The van der Waals surface area contributed by atoms with E-state index >= 15 is 0 Å². The van der Waals surface area contributed by atoms with Crippen molar-refractivity contribution in [3.8, 4) is 0 Å². The number of rotatable bonds is 3. The summed E-state index contributed by atoms with van der Waals surface area (Å²) in [4.78, 5) is 0. The average molecular weight is 227 g/mol. The summed E-state index contributed by atoms with van der Waals surface area (Å²) in [5.41, 5.74) is 2.07. The van der Waals surface area contributed by atoms with E-state index in [4.69, 9.17) is 11.6 Å². The van der Waals surface area contributed by atoms with Crippen LogP contribution in [0.1, 0.15) is 44.7 Å². The van der Waals surface area contributed by atoms with E-state index in [1.165, 1.54) is 0 Å². The maximum atomic E-state index is 9.40. The molecule has 1 aromatic rings. The second kappa shape index (κ2) is 4.54. The van der Waals surface area contributed by atoms with E-state index < -0.39 is 0 Å². The highest BCUT2D eigenvalue weighted by molar-refractivity contribution is 6.31. The van der Waals surface area contributed by atoms with Gasteiger partial charge in [0, 0.05) is 10.4 Å². The molecule has 15 heavy (non-hydrogen) atoms. The molecule has 0 bridgehead atoms. The summed E-state index contributed by atoms with van der Waals surface area (Å²) < 4.78 is 0. The van der Waals surface area contributed by atoms with E-state index in [2.05, 4.69) is 19.9 Å². The highest BCUT2D eigenvalue weighted by atomic mass is 35.5. The Hall–Kier alpha value is -0.530. The van der Waals surface area contributed by atoms with E-state index in [0.29, 0.717) is 5.92 Å². The molecule has 1 rings (SSSR count). The maximum Gasteiger partial charge on any atom is 0.0522 e. The Balaban J connectivity index is 3.35. The lowest BCUT2D eigenvalue weighted by Crippen LogP contribution is -2.24. The van der Waals surface area contributed by atoms with Gasteiger partial charge in [-0.25, -0.2) is 0 Å². The first-order valence-corrected chi connectivity index (χ1v) is 5.67. The lowest BCUT2D eigenvalue weighted by Gasteiger charge is -2.27. The van der Waals surface area contributed by atoms with Crippen LogP contribution in [0.15, 0.2) is 18.2 Å². The van der Waals surface area contributed by atoms with Crippen LogP contribution in [0.5, 0.6) is 0 Å². The van der Waals surface area contributed by atoms with Gasteiger partial charge in [0.25, 0.3) is 0 Å². The Bertz CT molecular complexity index is 342. The highest BCUT2D eigenvalue weighted by Crippen LogP contribution is 2.34. The largest absolute Gasteiger partial charge is 0.395 e. The Kier molecular flexibility index (Phi) is 3.80. The van der Waals surface area contributed by atoms with Crippen molar-refractivity contribution in [2.24, 2.45) is 0 Å². The molecule has 1 nitrogen and oxygen atoms in total. The number of halogens is 1. The van der Waals surface area contributed by atoms with Gasteiger partial charge in [-0.15, -0.1) is 0 Å². The van der Waals surface area contributed by atoms with Gasteiger partial charge in [0.05, 0.1) is 6.61 Å². The Morgan fingerprint density at radius 3 is 2.40 bits per heavy atom. The first-order chi connectivity index (χ1) is 6.90. The highest BCUT2D eigenvalue weighted by Gasteiger charge is 2.24. The molecule has 0 atom stereocenters. The predicted molar refractivity (Wildman–Crippen MR) is 65.7 cm³/mol. The zero-order valence-corrected chi connectivity index (χ0v) is 10.6. The number of benzene rings is 1. The maximum absolute atomic E-state index is 9.40. The summed E-state index contributed by atoms with van der Waals surface area (Å²) in [5.74, 6) is 0.375. The van der Waals surface area contributed by atoms with Gasteiger partial charge in [-0.3, -0.25) is 0 Å². The minimum absolute atomic E-state index is 0.132. The Morgan fingerprint density at radius 1 is 1.33 bits per heavy atom. The quantitative estimate of drug-likeness (QED) is 0.833.